The third kappa shape index (κ3) is 10.3. The predicted octanol–water partition coefficient (Wildman–Crippen LogP) is 5.22. The number of rotatable bonds is 20. The second kappa shape index (κ2) is 21.2. The van der Waals surface area contributed by atoms with E-state index in [0.717, 1.165) is 65.6 Å². The molecular formula is C51H54N8O9S. The summed E-state index contributed by atoms with van der Waals surface area (Å²) < 4.78 is 17.2. The Hall–Kier alpha value is -6.83. The van der Waals surface area contributed by atoms with Crippen LogP contribution in [-0.4, -0.2) is 140 Å². The van der Waals surface area contributed by atoms with Gasteiger partial charge in [0.05, 0.1) is 50.8 Å². The second-order valence-electron chi connectivity index (χ2n) is 17.4. The quantitative estimate of drug-likeness (QED) is 0.0681. The zero-order valence-electron chi connectivity index (χ0n) is 38.3. The molecular weight excluding hydrogens is 901 g/mol. The number of nitrogens with zero attached hydrogens (tertiary/aromatic N) is 5. The topological polar surface area (TPSA) is 192 Å². The molecule has 69 heavy (non-hydrogen) atoms. The fourth-order valence-electron chi connectivity index (χ4n) is 9.26. The Labute approximate surface area is 403 Å². The Morgan fingerprint density at radius 3 is 2.23 bits per heavy atom. The van der Waals surface area contributed by atoms with Crippen molar-refractivity contribution in [2.75, 3.05) is 94.4 Å². The van der Waals surface area contributed by atoms with Crippen LogP contribution >= 0.6 is 11.3 Å². The van der Waals surface area contributed by atoms with E-state index in [2.05, 4.69) is 55.0 Å². The first-order valence-electron chi connectivity index (χ1n) is 23.2. The lowest BCUT2D eigenvalue weighted by Crippen LogP contribution is -2.62. The molecule has 2 fully saturated rings. The Balaban J connectivity index is 0.647. The van der Waals surface area contributed by atoms with Gasteiger partial charge in [0.25, 0.3) is 29.5 Å². The number of hydrogen-bond donors (Lipinski definition) is 3. The molecule has 2 saturated heterocycles. The molecule has 9 rings (SSSR count). The number of piperazine rings is 1. The van der Waals surface area contributed by atoms with Crippen LogP contribution in [0.5, 0.6) is 0 Å². The van der Waals surface area contributed by atoms with Gasteiger partial charge in [0.2, 0.25) is 5.91 Å². The minimum atomic E-state index is -1.45. The van der Waals surface area contributed by atoms with Gasteiger partial charge in [-0.3, -0.25) is 49.2 Å². The first kappa shape index (κ1) is 47.2. The van der Waals surface area contributed by atoms with Gasteiger partial charge in [0.1, 0.15) is 11.6 Å². The third-order valence-electron chi connectivity index (χ3n) is 13.1. The van der Waals surface area contributed by atoms with Crippen molar-refractivity contribution in [2.24, 2.45) is 0 Å². The number of thiazole rings is 1. The van der Waals surface area contributed by atoms with E-state index in [-0.39, 0.29) is 35.8 Å². The van der Waals surface area contributed by atoms with Crippen molar-refractivity contribution in [3.63, 3.8) is 0 Å². The fourth-order valence-corrected chi connectivity index (χ4v) is 9.79. The van der Waals surface area contributed by atoms with Crippen LogP contribution in [0.15, 0.2) is 103 Å². The highest BCUT2D eigenvalue weighted by molar-refractivity contribution is 7.13. The number of amides is 6. The van der Waals surface area contributed by atoms with Gasteiger partial charge >= 0.3 is 0 Å². The smallest absolute Gasteiger partial charge is 0.264 e. The van der Waals surface area contributed by atoms with Gasteiger partial charge in [0, 0.05) is 80.7 Å². The lowest BCUT2D eigenvalue weighted by Gasteiger charge is -2.38. The number of nitrogens with one attached hydrogen (secondary N) is 3. The summed E-state index contributed by atoms with van der Waals surface area (Å²) in [5.41, 5.74) is 4.77. The zero-order chi connectivity index (χ0) is 47.9. The summed E-state index contributed by atoms with van der Waals surface area (Å²) >= 11 is 1.33. The molecule has 5 heterocycles. The number of carbonyl (C=O) groups is 6. The van der Waals surface area contributed by atoms with Crippen molar-refractivity contribution in [2.45, 2.75) is 37.9 Å². The molecule has 3 N–H and O–H groups in total. The van der Waals surface area contributed by atoms with Crippen LogP contribution in [0, 0.1) is 0 Å². The molecule has 358 valence electrons. The first-order valence-corrected chi connectivity index (χ1v) is 24.1. The van der Waals surface area contributed by atoms with Gasteiger partial charge in [-0.15, -0.1) is 11.3 Å². The molecule has 4 aliphatic heterocycles. The Morgan fingerprint density at radius 1 is 0.783 bits per heavy atom. The molecule has 6 amide bonds. The number of fused-ring (bicyclic) bond motifs is 2. The van der Waals surface area contributed by atoms with Crippen LogP contribution in [0.2, 0.25) is 0 Å². The lowest BCUT2D eigenvalue weighted by atomic mass is 9.89. The van der Waals surface area contributed by atoms with E-state index < -0.39 is 35.2 Å². The van der Waals surface area contributed by atoms with E-state index in [1.54, 1.807) is 34.7 Å². The predicted molar refractivity (Wildman–Crippen MR) is 259 cm³/mol. The maximum absolute atomic E-state index is 14.0. The maximum atomic E-state index is 14.0. The number of ether oxygens (including phenoxy) is 3. The van der Waals surface area contributed by atoms with Crippen LogP contribution in [0.25, 0.3) is 11.1 Å². The van der Waals surface area contributed by atoms with E-state index in [1.165, 1.54) is 18.3 Å². The number of hydrogen-bond acceptors (Lipinski definition) is 14. The van der Waals surface area contributed by atoms with Gasteiger partial charge in [0.15, 0.2) is 5.13 Å². The average Bonchev–Trinajstić information content (AvgIpc) is 4.07. The van der Waals surface area contributed by atoms with Crippen molar-refractivity contribution in [3.05, 3.63) is 130 Å². The lowest BCUT2D eigenvalue weighted by molar-refractivity contribution is -0.141. The van der Waals surface area contributed by atoms with Gasteiger partial charge in [-0.2, -0.15) is 0 Å². The monoisotopic (exact) mass is 954 g/mol. The summed E-state index contributed by atoms with van der Waals surface area (Å²) in [6.07, 6.45) is 1.74. The highest BCUT2D eigenvalue weighted by Crippen LogP contribution is 2.38. The SMILES string of the molecule is CC1(N2C(=O)c3cccc(NCCOCCOCCOCCN4CCN(c5ccc(-c6ccc7c(c6)C(=O)N(C(C(=O)Nc6nccs6)c6ccccc6)C7)cc5)CC4)c3C2=O)CCC(=O)NC1=O. The highest BCUT2D eigenvalue weighted by Gasteiger charge is 2.53. The standard InChI is InChI=1S/C51H54N8O9S/c1-51(17-16-42(60)54-49(51)65)59-47(63)39-8-5-9-41(43(39)48(59)64)52-18-25-66-27-29-68-30-28-67-26-24-56-20-22-57(23-21-56)38-14-12-34(13-15-38)36-10-11-37-33-58(46(62)40(37)32-36)44(35-6-3-2-4-7-35)45(61)55-50-53-19-31-69-50/h2-15,19,31-32,44,52H,16-18,20-30,33H2,1H3,(H,53,55,61)(H,54,60,65). The van der Waals surface area contributed by atoms with Gasteiger partial charge < -0.3 is 29.3 Å². The van der Waals surface area contributed by atoms with E-state index in [9.17, 15) is 28.8 Å². The van der Waals surface area contributed by atoms with E-state index in [1.807, 2.05) is 48.5 Å². The second-order valence-corrected chi connectivity index (χ2v) is 18.3. The number of carbonyl (C=O) groups excluding carboxylic acids is 6. The molecule has 17 nitrogen and oxygen atoms in total. The van der Waals surface area contributed by atoms with Crippen molar-refractivity contribution >= 4 is 63.3 Å². The normalized spacial score (nSPS) is 18.6. The summed E-state index contributed by atoms with van der Waals surface area (Å²) in [5, 5.41) is 10.6. The summed E-state index contributed by atoms with van der Waals surface area (Å²) in [7, 11) is 0. The molecule has 4 aliphatic rings. The summed E-state index contributed by atoms with van der Waals surface area (Å²) in [6.45, 7) is 9.33. The first-order chi connectivity index (χ1) is 33.6. The van der Waals surface area contributed by atoms with Crippen molar-refractivity contribution in [1.82, 2.24) is 25.0 Å². The largest absolute Gasteiger partial charge is 0.382 e. The Kier molecular flexibility index (Phi) is 14.5. The van der Waals surface area contributed by atoms with Gasteiger partial charge in [-0.1, -0.05) is 60.7 Å². The maximum Gasteiger partial charge on any atom is 0.264 e. The number of aromatic nitrogens is 1. The summed E-state index contributed by atoms with van der Waals surface area (Å²) in [6, 6.07) is 28.0. The molecule has 0 bridgehead atoms. The minimum Gasteiger partial charge on any atom is -0.382 e. The molecule has 5 aromatic rings. The molecule has 0 saturated carbocycles. The average molecular weight is 955 g/mol. The van der Waals surface area contributed by atoms with E-state index >= 15 is 0 Å². The molecule has 0 radical (unpaired) electrons. The van der Waals surface area contributed by atoms with E-state index in [0.29, 0.717) is 69.1 Å². The summed E-state index contributed by atoms with van der Waals surface area (Å²) in [5.74, 6) is -2.69. The third-order valence-corrected chi connectivity index (χ3v) is 13.8. The Morgan fingerprint density at radius 2 is 1.51 bits per heavy atom. The highest BCUT2D eigenvalue weighted by atomic mass is 32.1. The molecule has 4 aromatic carbocycles. The molecule has 2 unspecified atom stereocenters. The molecule has 2 atom stereocenters. The number of imide groups is 2. The molecule has 1 aromatic heterocycles. The van der Waals surface area contributed by atoms with Crippen LogP contribution in [0.4, 0.5) is 16.5 Å². The molecule has 0 aliphatic carbocycles. The number of anilines is 3. The van der Waals surface area contributed by atoms with Crippen LogP contribution in [0.3, 0.4) is 0 Å². The van der Waals surface area contributed by atoms with Crippen LogP contribution in [-0.2, 0) is 35.1 Å². The minimum absolute atomic E-state index is 0.0406. The number of benzene rings is 4. The number of piperidine rings is 1. The molecule has 18 heteroatoms. The van der Waals surface area contributed by atoms with Crippen molar-refractivity contribution in [1.29, 1.82) is 0 Å². The summed E-state index contributed by atoms with van der Waals surface area (Å²) in [4.78, 5) is 90.3. The van der Waals surface area contributed by atoms with E-state index in [4.69, 9.17) is 14.2 Å². The van der Waals surface area contributed by atoms with Crippen molar-refractivity contribution in [3.8, 4) is 11.1 Å². The van der Waals surface area contributed by atoms with Crippen LogP contribution in [0.1, 0.15) is 68.0 Å². The molecule has 0 spiro atoms. The van der Waals surface area contributed by atoms with Gasteiger partial charge in [-0.25, -0.2) is 4.98 Å². The van der Waals surface area contributed by atoms with Gasteiger partial charge in [-0.05, 0) is 65.9 Å². The zero-order valence-corrected chi connectivity index (χ0v) is 39.1. The van der Waals surface area contributed by atoms with Crippen molar-refractivity contribution < 1.29 is 43.0 Å². The fraction of sp³-hybridized carbons (Fsp3) is 0.353. The van der Waals surface area contributed by atoms with Crippen LogP contribution < -0.4 is 20.9 Å². The Bertz CT molecular complexity index is 2700.